The van der Waals surface area contributed by atoms with E-state index >= 15 is 0 Å². The van der Waals surface area contributed by atoms with Crippen LogP contribution < -0.4 is 10.5 Å². The normalized spacial score (nSPS) is 12.1. The predicted molar refractivity (Wildman–Crippen MR) is 69.1 cm³/mol. The van der Waals surface area contributed by atoms with Crippen molar-refractivity contribution in [1.82, 2.24) is 4.98 Å². The van der Waals surface area contributed by atoms with Crippen molar-refractivity contribution in [2.75, 3.05) is 5.73 Å². The maximum atomic E-state index is 5.99. The Morgan fingerprint density at radius 3 is 2.65 bits per heavy atom. The second-order valence-corrected chi connectivity index (χ2v) is 4.13. The summed E-state index contributed by atoms with van der Waals surface area (Å²) in [6.45, 7) is 1.95. The second-order valence-electron chi connectivity index (χ2n) is 3.73. The van der Waals surface area contributed by atoms with Gasteiger partial charge in [-0.3, -0.25) is 0 Å². The number of ether oxygens (including phenoxy) is 1. The highest BCUT2D eigenvalue weighted by molar-refractivity contribution is 6.32. The maximum Gasteiger partial charge on any atom is 0.233 e. The molecule has 1 unspecified atom stereocenters. The topological polar surface area (TPSA) is 48.1 Å². The quantitative estimate of drug-likeness (QED) is 0.905. The molecule has 0 aliphatic carbocycles. The zero-order valence-electron chi connectivity index (χ0n) is 9.43. The van der Waals surface area contributed by atoms with E-state index in [-0.39, 0.29) is 6.10 Å². The molecular formula is C13H13ClN2O. The van der Waals surface area contributed by atoms with Crippen LogP contribution in [-0.2, 0) is 0 Å². The van der Waals surface area contributed by atoms with Crippen molar-refractivity contribution >= 4 is 17.3 Å². The van der Waals surface area contributed by atoms with Gasteiger partial charge in [-0.05, 0) is 18.6 Å². The number of halogens is 1. The van der Waals surface area contributed by atoms with Gasteiger partial charge in [-0.2, -0.15) is 0 Å². The third-order valence-electron chi connectivity index (χ3n) is 2.39. The van der Waals surface area contributed by atoms with Crippen LogP contribution in [0.15, 0.2) is 42.6 Å². The third-order valence-corrected chi connectivity index (χ3v) is 2.66. The van der Waals surface area contributed by atoms with E-state index in [1.54, 1.807) is 6.07 Å². The lowest BCUT2D eigenvalue weighted by Gasteiger charge is -2.15. The Morgan fingerprint density at radius 1 is 1.29 bits per heavy atom. The number of anilines is 1. The van der Waals surface area contributed by atoms with E-state index in [0.29, 0.717) is 16.6 Å². The first-order chi connectivity index (χ1) is 8.16. The van der Waals surface area contributed by atoms with Gasteiger partial charge in [0.1, 0.15) is 11.1 Å². The van der Waals surface area contributed by atoms with Crippen LogP contribution >= 0.6 is 11.6 Å². The monoisotopic (exact) mass is 248 g/mol. The van der Waals surface area contributed by atoms with Crippen LogP contribution in [0.5, 0.6) is 5.88 Å². The molecule has 2 N–H and O–H groups in total. The van der Waals surface area contributed by atoms with Crippen molar-refractivity contribution in [3.8, 4) is 5.88 Å². The number of rotatable bonds is 3. The first kappa shape index (κ1) is 11.7. The van der Waals surface area contributed by atoms with E-state index in [9.17, 15) is 0 Å². The largest absolute Gasteiger partial charge is 0.469 e. The molecular weight excluding hydrogens is 236 g/mol. The molecule has 17 heavy (non-hydrogen) atoms. The molecule has 2 rings (SSSR count). The molecule has 3 nitrogen and oxygen atoms in total. The van der Waals surface area contributed by atoms with E-state index in [1.165, 1.54) is 6.20 Å². The number of nitrogens with two attached hydrogens (primary N) is 1. The fourth-order valence-electron chi connectivity index (χ4n) is 1.49. The average Bonchev–Trinajstić information content (AvgIpc) is 2.34. The minimum absolute atomic E-state index is 0.107. The molecule has 0 aliphatic rings. The van der Waals surface area contributed by atoms with Gasteiger partial charge in [0.25, 0.3) is 0 Å². The maximum absolute atomic E-state index is 5.99. The van der Waals surface area contributed by atoms with Gasteiger partial charge in [0.05, 0.1) is 11.9 Å². The van der Waals surface area contributed by atoms with Crippen molar-refractivity contribution in [1.29, 1.82) is 0 Å². The highest BCUT2D eigenvalue weighted by atomic mass is 35.5. The van der Waals surface area contributed by atoms with Crippen molar-refractivity contribution in [2.24, 2.45) is 0 Å². The number of nitrogen functional groups attached to an aromatic ring is 1. The van der Waals surface area contributed by atoms with Crippen molar-refractivity contribution in [3.05, 3.63) is 53.2 Å². The summed E-state index contributed by atoms with van der Waals surface area (Å²) in [5.74, 6) is 0.400. The number of aromatic nitrogens is 1. The molecule has 0 amide bonds. The third kappa shape index (κ3) is 2.88. The lowest BCUT2D eigenvalue weighted by atomic mass is 10.1. The Labute approximate surface area is 105 Å². The molecule has 0 fully saturated rings. The van der Waals surface area contributed by atoms with Crippen LogP contribution in [0, 0.1) is 0 Å². The molecule has 0 radical (unpaired) electrons. The number of pyridine rings is 1. The summed E-state index contributed by atoms with van der Waals surface area (Å²) in [6, 6.07) is 11.5. The van der Waals surface area contributed by atoms with Crippen molar-refractivity contribution in [2.45, 2.75) is 13.0 Å². The zero-order chi connectivity index (χ0) is 12.3. The van der Waals surface area contributed by atoms with E-state index < -0.39 is 0 Å². The van der Waals surface area contributed by atoms with Crippen LogP contribution in [0.2, 0.25) is 5.02 Å². The van der Waals surface area contributed by atoms with E-state index in [4.69, 9.17) is 22.1 Å². The summed E-state index contributed by atoms with van der Waals surface area (Å²) in [4.78, 5) is 4.06. The van der Waals surface area contributed by atoms with Crippen LogP contribution in [0.4, 0.5) is 5.69 Å². The number of hydrogen-bond donors (Lipinski definition) is 1. The second kappa shape index (κ2) is 5.06. The van der Waals surface area contributed by atoms with E-state index in [2.05, 4.69) is 4.98 Å². The first-order valence-corrected chi connectivity index (χ1v) is 5.67. The SMILES string of the molecule is CC(Oc1ncc(N)cc1Cl)c1ccccc1. The van der Waals surface area contributed by atoms with Crippen LogP contribution in [0.3, 0.4) is 0 Å². The Morgan fingerprint density at radius 2 is 2.00 bits per heavy atom. The minimum Gasteiger partial charge on any atom is -0.469 e. The summed E-state index contributed by atoms with van der Waals surface area (Å²) in [5.41, 5.74) is 7.16. The summed E-state index contributed by atoms with van der Waals surface area (Å²) < 4.78 is 5.69. The Kier molecular flexibility index (Phi) is 3.49. The fourth-order valence-corrected chi connectivity index (χ4v) is 1.71. The smallest absolute Gasteiger partial charge is 0.233 e. The molecule has 1 heterocycles. The Hall–Kier alpha value is -1.74. The van der Waals surface area contributed by atoms with Crippen molar-refractivity contribution in [3.63, 3.8) is 0 Å². The summed E-state index contributed by atoms with van der Waals surface area (Å²) in [5, 5.41) is 0.424. The summed E-state index contributed by atoms with van der Waals surface area (Å²) in [6.07, 6.45) is 1.42. The summed E-state index contributed by atoms with van der Waals surface area (Å²) >= 11 is 5.99. The Bertz CT molecular complexity index is 502. The summed E-state index contributed by atoms with van der Waals surface area (Å²) in [7, 11) is 0. The van der Waals surface area contributed by atoms with Crippen LogP contribution in [-0.4, -0.2) is 4.98 Å². The average molecular weight is 249 g/mol. The number of benzene rings is 1. The molecule has 0 saturated carbocycles. The van der Waals surface area contributed by atoms with Gasteiger partial charge in [0.2, 0.25) is 5.88 Å². The molecule has 0 spiro atoms. The number of nitrogens with zero attached hydrogens (tertiary/aromatic N) is 1. The lowest BCUT2D eigenvalue weighted by molar-refractivity contribution is 0.217. The molecule has 1 aromatic carbocycles. The molecule has 0 aliphatic heterocycles. The van der Waals surface area contributed by atoms with Gasteiger partial charge in [-0.15, -0.1) is 0 Å². The Balaban J connectivity index is 2.16. The lowest BCUT2D eigenvalue weighted by Crippen LogP contribution is -2.04. The van der Waals surface area contributed by atoms with Gasteiger partial charge in [0.15, 0.2) is 0 Å². The van der Waals surface area contributed by atoms with Gasteiger partial charge in [-0.25, -0.2) is 4.98 Å². The molecule has 2 aromatic rings. The van der Waals surface area contributed by atoms with Gasteiger partial charge in [0, 0.05) is 0 Å². The highest BCUT2D eigenvalue weighted by Crippen LogP contribution is 2.27. The standard InChI is InChI=1S/C13H13ClN2O/c1-9(10-5-3-2-4-6-10)17-13-12(14)7-11(15)8-16-13/h2-9H,15H2,1H3. The van der Waals surface area contributed by atoms with Gasteiger partial charge < -0.3 is 10.5 Å². The molecule has 0 saturated heterocycles. The molecule has 4 heteroatoms. The first-order valence-electron chi connectivity index (χ1n) is 5.29. The minimum atomic E-state index is -0.107. The molecule has 1 atom stereocenters. The molecule has 1 aromatic heterocycles. The van der Waals surface area contributed by atoms with E-state index in [0.717, 1.165) is 5.56 Å². The fraction of sp³-hybridized carbons (Fsp3) is 0.154. The molecule has 0 bridgehead atoms. The molecule has 88 valence electrons. The van der Waals surface area contributed by atoms with E-state index in [1.807, 2.05) is 37.3 Å². The number of hydrogen-bond acceptors (Lipinski definition) is 3. The van der Waals surface area contributed by atoms with Crippen molar-refractivity contribution < 1.29 is 4.74 Å². The predicted octanol–water partition coefficient (Wildman–Crippen LogP) is 3.46. The van der Waals surface area contributed by atoms with Crippen LogP contribution in [0.25, 0.3) is 0 Å². The van der Waals surface area contributed by atoms with Crippen LogP contribution in [0.1, 0.15) is 18.6 Å². The zero-order valence-corrected chi connectivity index (χ0v) is 10.2. The highest BCUT2D eigenvalue weighted by Gasteiger charge is 2.10. The van der Waals surface area contributed by atoms with Gasteiger partial charge in [-0.1, -0.05) is 41.9 Å². The van der Waals surface area contributed by atoms with Gasteiger partial charge >= 0.3 is 0 Å².